The fraction of sp³-hybridized carbons (Fsp3) is 0.455. The largest absolute Gasteiger partial charge is 0.492 e. The van der Waals surface area contributed by atoms with Crippen LogP contribution in [0.5, 0.6) is 11.5 Å². The number of nitrogens with zero attached hydrogens (tertiary/aromatic N) is 2. The maximum absolute atomic E-state index is 14.1. The van der Waals surface area contributed by atoms with Crippen LogP contribution >= 0.6 is 0 Å². The number of fused-ring (bicyclic) bond motifs is 5. The van der Waals surface area contributed by atoms with Gasteiger partial charge in [0.25, 0.3) is 5.91 Å². The maximum Gasteiger partial charge on any atom is 0.252 e. The second kappa shape index (κ2) is 24.8. The Kier molecular flexibility index (Phi) is 20.0. The van der Waals surface area contributed by atoms with Crippen molar-refractivity contribution in [3.63, 3.8) is 0 Å². The molecular formula is C44H61N9O7. The average molecular weight is 828 g/mol. The summed E-state index contributed by atoms with van der Waals surface area (Å²) in [5, 5.41) is 19.5. The first-order chi connectivity index (χ1) is 28.8. The van der Waals surface area contributed by atoms with E-state index in [0.29, 0.717) is 39.3 Å². The van der Waals surface area contributed by atoms with Gasteiger partial charge >= 0.3 is 0 Å². The molecule has 0 saturated heterocycles. The number of carbonyl (C=O) groups excluding carboxylic acids is 5. The zero-order valence-corrected chi connectivity index (χ0v) is 35.5. The molecule has 3 aromatic rings. The molecule has 0 spiro atoms. The van der Waals surface area contributed by atoms with E-state index in [9.17, 15) is 24.0 Å². The predicted molar refractivity (Wildman–Crippen MR) is 230 cm³/mol. The van der Waals surface area contributed by atoms with Gasteiger partial charge in [0.05, 0.1) is 19.2 Å². The summed E-state index contributed by atoms with van der Waals surface area (Å²) < 4.78 is 12.1. The van der Waals surface area contributed by atoms with Crippen LogP contribution in [-0.2, 0) is 32.0 Å². The summed E-state index contributed by atoms with van der Waals surface area (Å²) in [4.78, 5) is 68.9. The van der Waals surface area contributed by atoms with Gasteiger partial charge in [0.1, 0.15) is 43.3 Å². The third-order valence-electron chi connectivity index (χ3n) is 9.62. The van der Waals surface area contributed by atoms with Gasteiger partial charge in [-0.25, -0.2) is 0 Å². The number of likely N-dealkylation sites (N-methyl/N-ethyl adjacent to an activating group) is 1. The molecule has 1 aliphatic heterocycles. The Hall–Kier alpha value is -6.02. The quantitative estimate of drug-likeness (QED) is 0.103. The van der Waals surface area contributed by atoms with Gasteiger partial charge in [-0.15, -0.1) is 0 Å². The van der Waals surface area contributed by atoms with Crippen LogP contribution in [0.1, 0.15) is 77.3 Å². The summed E-state index contributed by atoms with van der Waals surface area (Å²) in [7, 11) is 1.44. The molecule has 4 bridgehead atoms. The fourth-order valence-corrected chi connectivity index (χ4v) is 6.64. The lowest BCUT2D eigenvalue weighted by molar-refractivity contribution is -0.139. The van der Waals surface area contributed by atoms with Crippen LogP contribution in [0.4, 0.5) is 0 Å². The molecule has 60 heavy (non-hydrogen) atoms. The molecular weight excluding hydrogens is 767 g/mol. The molecule has 0 aliphatic carbocycles. The van der Waals surface area contributed by atoms with Crippen LogP contribution in [0.15, 0.2) is 48.5 Å². The highest BCUT2D eigenvalue weighted by Gasteiger charge is 2.32. The molecule has 5 amide bonds. The molecule has 10 N–H and O–H groups in total. The first-order valence-electron chi connectivity index (χ1n) is 20.3. The number of aryl methyl sites for hydroxylation is 3. The van der Waals surface area contributed by atoms with Gasteiger partial charge in [0.15, 0.2) is 0 Å². The number of nitrogens with two attached hydrogens (primary N) is 3. The highest BCUT2D eigenvalue weighted by Crippen LogP contribution is 2.40. The van der Waals surface area contributed by atoms with Gasteiger partial charge in [-0.1, -0.05) is 44.5 Å². The first kappa shape index (κ1) is 48.3. The van der Waals surface area contributed by atoms with E-state index < -0.39 is 54.7 Å². The highest BCUT2D eigenvalue weighted by molar-refractivity contribution is 6.00. The number of nitrogens with one attached hydrogen (secondary N) is 4. The summed E-state index contributed by atoms with van der Waals surface area (Å²) in [5.41, 5.74) is 21.8. The van der Waals surface area contributed by atoms with E-state index >= 15 is 0 Å². The Labute approximate surface area is 352 Å². The Morgan fingerprint density at radius 1 is 0.883 bits per heavy atom. The van der Waals surface area contributed by atoms with Crippen molar-refractivity contribution >= 4 is 29.5 Å². The Bertz CT molecular complexity index is 1970. The standard InChI is InChI=1S/C41H52N8O7.C3H9N/c1-5-6-7-27-18-25(2)37(26(3)19-27)40(53)47-24-36(51)49(4)38-29-9-11-34(56-17-14-44)31(22-29)30-20-28(8-10-33(30)55-16-13-43)21-32(39(52)45-15-12-42)48-35(50)23-46-41(38)54;1-2-3-4/h8-11,18-20,22,32,38H,5-7,13-17,21,23-24,43-44H2,1-4H3,(H,45,52)(H,46,54)(H,47,53)(H,48,50);2-4H2,1H3. The number of ether oxygens (including phenoxy) is 2. The van der Waals surface area contributed by atoms with E-state index in [4.69, 9.17) is 31.9 Å². The smallest absolute Gasteiger partial charge is 0.252 e. The van der Waals surface area contributed by atoms with E-state index in [1.807, 2.05) is 32.0 Å². The third-order valence-corrected chi connectivity index (χ3v) is 9.62. The summed E-state index contributed by atoms with van der Waals surface area (Å²) in [6, 6.07) is 13.7. The maximum atomic E-state index is 14.1. The molecule has 0 radical (unpaired) electrons. The van der Waals surface area contributed by atoms with Crippen molar-refractivity contribution < 1.29 is 33.4 Å². The van der Waals surface area contributed by atoms with Crippen molar-refractivity contribution in [3.8, 4) is 28.7 Å². The minimum atomic E-state index is -1.29. The predicted octanol–water partition coefficient (Wildman–Crippen LogP) is 2.07. The molecule has 0 fully saturated rings. The van der Waals surface area contributed by atoms with Gasteiger partial charge in [-0.05, 0) is 91.7 Å². The number of nitriles is 1. The van der Waals surface area contributed by atoms with Crippen molar-refractivity contribution in [2.75, 3.05) is 59.5 Å². The normalized spacial score (nSPS) is 14.8. The van der Waals surface area contributed by atoms with E-state index in [1.54, 1.807) is 36.4 Å². The van der Waals surface area contributed by atoms with E-state index in [1.165, 1.54) is 11.9 Å². The fourth-order valence-electron chi connectivity index (χ4n) is 6.64. The summed E-state index contributed by atoms with van der Waals surface area (Å²) >= 11 is 0. The lowest BCUT2D eigenvalue weighted by atomic mass is 9.93. The molecule has 3 aromatic carbocycles. The van der Waals surface area contributed by atoms with Gasteiger partial charge in [-0.3, -0.25) is 24.0 Å². The van der Waals surface area contributed by atoms with Crippen molar-refractivity contribution in [1.29, 1.82) is 5.26 Å². The molecule has 16 nitrogen and oxygen atoms in total. The molecule has 0 saturated carbocycles. The van der Waals surface area contributed by atoms with Crippen LogP contribution in [0, 0.1) is 25.2 Å². The minimum Gasteiger partial charge on any atom is -0.492 e. The van der Waals surface area contributed by atoms with Crippen LogP contribution in [0.25, 0.3) is 11.1 Å². The minimum absolute atomic E-state index is 0.0352. The van der Waals surface area contributed by atoms with Crippen molar-refractivity contribution in [2.45, 2.75) is 71.9 Å². The monoisotopic (exact) mass is 827 g/mol. The second-order valence-corrected chi connectivity index (χ2v) is 14.4. The van der Waals surface area contributed by atoms with Gasteiger partial charge < -0.3 is 52.8 Å². The van der Waals surface area contributed by atoms with E-state index in [2.05, 4.69) is 35.1 Å². The summed E-state index contributed by atoms with van der Waals surface area (Å²) in [6.45, 7) is 8.29. The Morgan fingerprint density at radius 2 is 1.50 bits per heavy atom. The Morgan fingerprint density at radius 3 is 2.08 bits per heavy atom. The number of hydrogen-bond acceptors (Lipinski definition) is 11. The highest BCUT2D eigenvalue weighted by atomic mass is 16.5. The Balaban J connectivity index is 0.00000229. The van der Waals surface area contributed by atoms with Crippen molar-refractivity contribution in [3.05, 3.63) is 81.9 Å². The van der Waals surface area contributed by atoms with Crippen LogP contribution in [0.2, 0.25) is 0 Å². The summed E-state index contributed by atoms with van der Waals surface area (Å²) in [6.07, 6.45) is 4.12. The molecule has 324 valence electrons. The molecule has 2 atom stereocenters. The van der Waals surface area contributed by atoms with Crippen LogP contribution in [0.3, 0.4) is 0 Å². The second-order valence-electron chi connectivity index (χ2n) is 14.4. The summed E-state index contributed by atoms with van der Waals surface area (Å²) in [5.74, 6) is -2.13. The zero-order chi connectivity index (χ0) is 44.2. The number of hydrogen-bond donors (Lipinski definition) is 7. The number of carbonyl (C=O) groups is 5. The topological polar surface area (TPSA) is 257 Å². The molecule has 16 heteroatoms. The van der Waals surface area contributed by atoms with Crippen LogP contribution < -0.4 is 47.9 Å². The third kappa shape index (κ3) is 13.8. The number of rotatable bonds is 16. The molecule has 1 aliphatic rings. The van der Waals surface area contributed by atoms with E-state index in [-0.39, 0.29) is 39.3 Å². The lowest BCUT2D eigenvalue weighted by Crippen LogP contribution is -2.52. The SMILES string of the molecule is CCCCc1cc(C)c(C(=O)NCC(=O)N(C)C2C(=O)NCC(=O)NC(C(=O)NCC#N)Cc3ccc(OCCN)c(c3)-c3cc2ccc3OCCN)c(C)c1.CCCN. The lowest BCUT2D eigenvalue weighted by Gasteiger charge is -2.29. The van der Waals surface area contributed by atoms with Crippen molar-refractivity contribution in [1.82, 2.24) is 26.2 Å². The molecule has 4 rings (SSSR count). The van der Waals surface area contributed by atoms with Crippen LogP contribution in [-0.4, -0.2) is 100 Å². The first-order valence-corrected chi connectivity index (χ1v) is 20.3. The van der Waals surface area contributed by atoms with Crippen molar-refractivity contribution in [2.24, 2.45) is 17.2 Å². The van der Waals surface area contributed by atoms with E-state index in [0.717, 1.165) is 48.9 Å². The molecule has 0 aromatic heterocycles. The number of amides is 5. The van der Waals surface area contributed by atoms with Gasteiger partial charge in [-0.2, -0.15) is 5.26 Å². The number of benzene rings is 3. The molecule has 1 heterocycles. The van der Waals surface area contributed by atoms with Gasteiger partial charge in [0.2, 0.25) is 23.6 Å². The zero-order valence-electron chi connectivity index (χ0n) is 35.5. The van der Waals surface area contributed by atoms with Gasteiger partial charge in [0, 0.05) is 43.2 Å². The number of unbranched alkanes of at least 4 members (excludes halogenated alkanes) is 1. The average Bonchev–Trinajstić information content (AvgIpc) is 3.24. The molecule has 2 unspecified atom stereocenters.